The zero-order valence-electron chi connectivity index (χ0n) is 15.0. The van der Waals surface area contributed by atoms with Crippen LogP contribution in [0.15, 0.2) is 6.20 Å². The fourth-order valence-electron chi connectivity index (χ4n) is 4.11. The van der Waals surface area contributed by atoms with Gasteiger partial charge in [-0.2, -0.15) is 5.10 Å². The average Bonchev–Trinajstić information content (AvgIpc) is 3.13. The molecule has 4 rings (SSSR count). The maximum absolute atomic E-state index is 12.4. The molecule has 1 saturated carbocycles. The molecule has 1 unspecified atom stereocenters. The third-order valence-electron chi connectivity index (χ3n) is 5.38. The second-order valence-electron chi connectivity index (χ2n) is 8.38. The van der Waals surface area contributed by atoms with Gasteiger partial charge in [0.15, 0.2) is 0 Å². The Labute approximate surface area is 143 Å². The topological polar surface area (TPSA) is 56.6 Å². The Morgan fingerprint density at radius 2 is 2.12 bits per heavy atom. The lowest BCUT2D eigenvalue weighted by atomic mass is 9.90. The van der Waals surface area contributed by atoms with E-state index in [-0.39, 0.29) is 6.09 Å². The third kappa shape index (κ3) is 2.70. The summed E-state index contributed by atoms with van der Waals surface area (Å²) in [5.41, 5.74) is 2.19. The number of hydrogen-bond acceptors (Lipinski definition) is 4. The van der Waals surface area contributed by atoms with Gasteiger partial charge in [0.1, 0.15) is 5.60 Å². The van der Waals surface area contributed by atoms with Crippen LogP contribution in [0, 0.1) is 12.8 Å². The zero-order valence-corrected chi connectivity index (χ0v) is 15.0. The van der Waals surface area contributed by atoms with Crippen molar-refractivity contribution in [2.24, 2.45) is 5.92 Å². The molecule has 2 aliphatic heterocycles. The Morgan fingerprint density at radius 3 is 2.75 bits per heavy atom. The SMILES string of the molecule is Cc1cnn(C2COC2)c1C1CCN(C(=O)OC(C)(C)C)[C@H]2C[C@@H]12. The molecule has 0 radical (unpaired) electrons. The van der Waals surface area contributed by atoms with Crippen LogP contribution < -0.4 is 0 Å². The van der Waals surface area contributed by atoms with Gasteiger partial charge in [0.05, 0.1) is 25.5 Å². The highest BCUT2D eigenvalue weighted by molar-refractivity contribution is 5.69. The highest BCUT2D eigenvalue weighted by Gasteiger charge is 2.53. The number of hydrogen-bond donors (Lipinski definition) is 0. The van der Waals surface area contributed by atoms with Crippen LogP contribution in [0.4, 0.5) is 4.79 Å². The molecule has 3 fully saturated rings. The van der Waals surface area contributed by atoms with E-state index in [1.165, 1.54) is 11.3 Å². The normalized spacial score (nSPS) is 29.8. The number of nitrogens with zero attached hydrogens (tertiary/aromatic N) is 3. The molecule has 3 atom stereocenters. The molecule has 1 aromatic heterocycles. The van der Waals surface area contributed by atoms with Crippen LogP contribution in [-0.2, 0) is 9.47 Å². The minimum Gasteiger partial charge on any atom is -0.444 e. The lowest BCUT2D eigenvalue weighted by Gasteiger charge is -2.35. The van der Waals surface area contributed by atoms with Crippen molar-refractivity contribution in [1.29, 1.82) is 0 Å². The molecular weight excluding hydrogens is 306 g/mol. The van der Waals surface area contributed by atoms with Gasteiger partial charge in [-0.1, -0.05) is 0 Å². The van der Waals surface area contributed by atoms with Crippen molar-refractivity contribution in [3.8, 4) is 0 Å². The summed E-state index contributed by atoms with van der Waals surface area (Å²) in [6.07, 6.45) is 3.88. The minimum atomic E-state index is -0.433. The number of piperidine rings is 1. The number of fused-ring (bicyclic) bond motifs is 1. The Balaban J connectivity index is 1.49. The molecule has 0 bridgehead atoms. The largest absolute Gasteiger partial charge is 0.444 e. The van der Waals surface area contributed by atoms with Gasteiger partial charge in [-0.3, -0.25) is 4.68 Å². The molecule has 0 spiro atoms. The highest BCUT2D eigenvalue weighted by atomic mass is 16.6. The molecule has 2 saturated heterocycles. The van der Waals surface area contributed by atoms with Gasteiger partial charge in [-0.05, 0) is 52.0 Å². The van der Waals surface area contributed by atoms with E-state index in [9.17, 15) is 4.79 Å². The summed E-state index contributed by atoms with van der Waals surface area (Å²) in [6.45, 7) is 10.2. The number of rotatable bonds is 2. The predicted molar refractivity (Wildman–Crippen MR) is 89.0 cm³/mol. The highest BCUT2D eigenvalue weighted by Crippen LogP contribution is 2.52. The fourth-order valence-corrected chi connectivity index (χ4v) is 4.11. The molecule has 6 heteroatoms. The summed E-state index contributed by atoms with van der Waals surface area (Å²) < 4.78 is 13.1. The van der Waals surface area contributed by atoms with Crippen LogP contribution in [0.25, 0.3) is 0 Å². The molecule has 3 heterocycles. The maximum Gasteiger partial charge on any atom is 0.410 e. The van der Waals surface area contributed by atoms with Crippen molar-refractivity contribution >= 4 is 6.09 Å². The van der Waals surface area contributed by atoms with Gasteiger partial charge in [-0.15, -0.1) is 0 Å². The quantitative estimate of drug-likeness (QED) is 0.835. The van der Waals surface area contributed by atoms with Gasteiger partial charge in [-0.25, -0.2) is 4.79 Å². The van der Waals surface area contributed by atoms with E-state index in [0.29, 0.717) is 23.9 Å². The third-order valence-corrected chi connectivity index (χ3v) is 5.38. The lowest BCUT2D eigenvalue weighted by Crippen LogP contribution is -2.43. The van der Waals surface area contributed by atoms with Crippen LogP contribution in [0.3, 0.4) is 0 Å². The average molecular weight is 333 g/mol. The summed E-state index contributed by atoms with van der Waals surface area (Å²) in [4.78, 5) is 14.4. The van der Waals surface area contributed by atoms with Crippen LogP contribution in [0.2, 0.25) is 0 Å². The number of ether oxygens (including phenoxy) is 2. The minimum absolute atomic E-state index is 0.161. The molecule has 1 aromatic rings. The first-order valence-corrected chi connectivity index (χ1v) is 8.96. The number of aryl methyl sites for hydroxylation is 1. The molecule has 6 nitrogen and oxygen atoms in total. The van der Waals surface area contributed by atoms with E-state index in [1.54, 1.807) is 0 Å². The van der Waals surface area contributed by atoms with Crippen molar-refractivity contribution < 1.29 is 14.3 Å². The first-order valence-electron chi connectivity index (χ1n) is 8.96. The van der Waals surface area contributed by atoms with Crippen LogP contribution >= 0.6 is 0 Å². The van der Waals surface area contributed by atoms with Crippen LogP contribution in [0.5, 0.6) is 0 Å². The molecule has 1 amide bonds. The van der Waals surface area contributed by atoms with Gasteiger partial charge >= 0.3 is 6.09 Å². The Hall–Kier alpha value is -1.56. The van der Waals surface area contributed by atoms with Crippen molar-refractivity contribution in [2.75, 3.05) is 19.8 Å². The van der Waals surface area contributed by atoms with E-state index in [0.717, 1.165) is 32.6 Å². The molecule has 0 N–H and O–H groups in total. The maximum atomic E-state index is 12.4. The first-order chi connectivity index (χ1) is 11.3. The smallest absolute Gasteiger partial charge is 0.410 e. The van der Waals surface area contributed by atoms with E-state index >= 15 is 0 Å². The van der Waals surface area contributed by atoms with E-state index in [2.05, 4.69) is 16.7 Å². The number of carbonyl (C=O) groups is 1. The standard InChI is InChI=1S/C18H27N3O3/c1-11-8-19-21(12-9-23-10-12)16(11)13-5-6-20(15-7-14(13)15)17(22)24-18(2,3)4/h8,12-15H,5-7,9-10H2,1-4H3/t13?,14-,15-/m0/s1. The predicted octanol–water partition coefficient (Wildman–Crippen LogP) is 2.88. The summed E-state index contributed by atoms with van der Waals surface area (Å²) in [6, 6.07) is 0.716. The Bertz CT molecular complexity index is 644. The van der Waals surface area contributed by atoms with E-state index in [4.69, 9.17) is 9.47 Å². The number of amides is 1. The number of likely N-dealkylation sites (tertiary alicyclic amines) is 1. The van der Waals surface area contributed by atoms with Crippen molar-refractivity contribution in [3.05, 3.63) is 17.5 Å². The van der Waals surface area contributed by atoms with E-state index < -0.39 is 5.60 Å². The molecule has 132 valence electrons. The van der Waals surface area contributed by atoms with Gasteiger partial charge < -0.3 is 14.4 Å². The summed E-state index contributed by atoms with van der Waals surface area (Å²) in [5, 5.41) is 4.60. The lowest BCUT2D eigenvalue weighted by molar-refractivity contribution is -0.0308. The van der Waals surface area contributed by atoms with Crippen LogP contribution in [0.1, 0.15) is 56.8 Å². The molecule has 1 aliphatic carbocycles. The van der Waals surface area contributed by atoms with Crippen molar-refractivity contribution in [1.82, 2.24) is 14.7 Å². The van der Waals surface area contributed by atoms with Gasteiger partial charge in [0.25, 0.3) is 0 Å². The second kappa shape index (κ2) is 5.48. The molecule has 24 heavy (non-hydrogen) atoms. The Morgan fingerprint density at radius 1 is 1.38 bits per heavy atom. The Kier molecular flexibility index (Phi) is 3.64. The van der Waals surface area contributed by atoms with E-state index in [1.807, 2.05) is 31.9 Å². The fraction of sp³-hybridized carbons (Fsp3) is 0.778. The van der Waals surface area contributed by atoms with Gasteiger partial charge in [0.2, 0.25) is 0 Å². The van der Waals surface area contributed by atoms with Crippen molar-refractivity contribution in [3.63, 3.8) is 0 Å². The van der Waals surface area contributed by atoms with Crippen LogP contribution in [-0.4, -0.2) is 52.2 Å². The summed E-state index contributed by atoms with van der Waals surface area (Å²) in [5.74, 6) is 1.04. The number of aromatic nitrogens is 2. The molecule has 3 aliphatic rings. The zero-order chi connectivity index (χ0) is 17.1. The summed E-state index contributed by atoms with van der Waals surface area (Å²) in [7, 11) is 0. The second-order valence-corrected chi connectivity index (χ2v) is 8.38. The van der Waals surface area contributed by atoms with Gasteiger partial charge in [0, 0.05) is 24.2 Å². The summed E-state index contributed by atoms with van der Waals surface area (Å²) >= 11 is 0. The molecule has 0 aromatic carbocycles. The monoisotopic (exact) mass is 333 g/mol. The number of carbonyl (C=O) groups excluding carboxylic acids is 1. The van der Waals surface area contributed by atoms with Crippen molar-refractivity contribution in [2.45, 2.75) is 64.1 Å². The first kappa shape index (κ1) is 15.9. The molecular formula is C18H27N3O3.